The lowest BCUT2D eigenvalue weighted by atomic mass is 10.4. The Morgan fingerprint density at radius 2 is 1.93 bits per heavy atom. The molecule has 0 amide bonds. The van der Waals surface area contributed by atoms with E-state index in [2.05, 4.69) is 36.2 Å². The van der Waals surface area contributed by atoms with Gasteiger partial charge in [0.1, 0.15) is 12.1 Å². The zero-order valence-electron chi connectivity index (χ0n) is 7.48. The lowest BCUT2D eigenvalue weighted by molar-refractivity contribution is 1.16. The molecule has 1 N–H and O–H groups in total. The third kappa shape index (κ3) is 2.64. The summed E-state index contributed by atoms with van der Waals surface area (Å²) in [6.07, 6.45) is 6.42. The molecule has 0 fully saturated rings. The monoisotopic (exact) mass is 284 g/mol. The van der Waals surface area contributed by atoms with Gasteiger partial charge in [-0.05, 0) is 22.0 Å². The van der Waals surface area contributed by atoms with Crippen molar-refractivity contribution in [1.29, 1.82) is 0 Å². The minimum Gasteiger partial charge on any atom is -0.336 e. The van der Waals surface area contributed by atoms with Crippen molar-refractivity contribution in [2.45, 2.75) is 0 Å². The van der Waals surface area contributed by atoms with Crippen LogP contribution >= 0.6 is 27.5 Å². The molecule has 15 heavy (non-hydrogen) atoms. The highest BCUT2D eigenvalue weighted by Crippen LogP contribution is 2.25. The van der Waals surface area contributed by atoms with Gasteiger partial charge >= 0.3 is 0 Å². The van der Waals surface area contributed by atoms with Gasteiger partial charge in [0, 0.05) is 10.7 Å². The largest absolute Gasteiger partial charge is 0.336 e. The van der Waals surface area contributed by atoms with Gasteiger partial charge in [0.15, 0.2) is 0 Å². The maximum absolute atomic E-state index is 5.98. The number of rotatable bonds is 2. The minimum absolute atomic E-state index is 0.535. The van der Waals surface area contributed by atoms with Gasteiger partial charge in [-0.15, -0.1) is 0 Å². The molecule has 4 nitrogen and oxygen atoms in total. The zero-order valence-corrected chi connectivity index (χ0v) is 9.83. The number of halogens is 2. The molecule has 2 heterocycles. The van der Waals surface area contributed by atoms with E-state index >= 15 is 0 Å². The molecule has 0 saturated carbocycles. The van der Waals surface area contributed by atoms with E-state index in [0.717, 1.165) is 10.2 Å². The average molecular weight is 286 g/mol. The Kier molecular flexibility index (Phi) is 3.13. The summed E-state index contributed by atoms with van der Waals surface area (Å²) in [5, 5.41) is 3.55. The number of pyridine rings is 1. The predicted octanol–water partition coefficient (Wildman–Crippen LogP) is 3.03. The molecule has 2 rings (SSSR count). The highest BCUT2D eigenvalue weighted by Gasteiger charge is 2.02. The maximum atomic E-state index is 5.98. The van der Waals surface area contributed by atoms with Crippen molar-refractivity contribution in [3.05, 3.63) is 40.5 Å². The van der Waals surface area contributed by atoms with Crippen molar-refractivity contribution >= 4 is 39.0 Å². The lowest BCUT2D eigenvalue weighted by Crippen LogP contribution is -1.95. The average Bonchev–Trinajstić information content (AvgIpc) is 2.24. The van der Waals surface area contributed by atoms with Gasteiger partial charge in [-0.2, -0.15) is 0 Å². The van der Waals surface area contributed by atoms with Crippen molar-refractivity contribution in [3.63, 3.8) is 0 Å². The van der Waals surface area contributed by atoms with Crippen LogP contribution in [0.4, 0.5) is 11.5 Å². The van der Waals surface area contributed by atoms with Gasteiger partial charge in [-0.1, -0.05) is 11.6 Å². The second-order valence-corrected chi connectivity index (χ2v) is 4.06. The van der Waals surface area contributed by atoms with Gasteiger partial charge < -0.3 is 5.32 Å². The molecule has 0 unspecified atom stereocenters. The van der Waals surface area contributed by atoms with Crippen LogP contribution in [0.15, 0.2) is 35.5 Å². The zero-order chi connectivity index (χ0) is 10.7. The van der Waals surface area contributed by atoms with Crippen LogP contribution in [0, 0.1) is 0 Å². The predicted molar refractivity (Wildman–Crippen MR) is 62.3 cm³/mol. The summed E-state index contributed by atoms with van der Waals surface area (Å²) in [4.78, 5) is 11.9. The molecule has 0 bridgehead atoms. The Balaban J connectivity index is 2.25. The third-order valence-corrected chi connectivity index (χ3v) is 2.35. The quantitative estimate of drug-likeness (QED) is 0.921. The second kappa shape index (κ2) is 4.55. The summed E-state index contributed by atoms with van der Waals surface area (Å²) in [7, 11) is 0. The molecule has 2 aromatic rings. The summed E-state index contributed by atoms with van der Waals surface area (Å²) in [5.74, 6) is 0.578. The number of hydrogen-bond acceptors (Lipinski definition) is 4. The van der Waals surface area contributed by atoms with Crippen LogP contribution in [-0.2, 0) is 0 Å². The molecule has 0 aliphatic carbocycles. The Hall–Kier alpha value is -1.20. The highest BCUT2D eigenvalue weighted by atomic mass is 79.9. The molecule has 0 aromatic carbocycles. The van der Waals surface area contributed by atoms with E-state index in [4.69, 9.17) is 11.6 Å². The first-order valence-corrected chi connectivity index (χ1v) is 5.26. The van der Waals surface area contributed by atoms with E-state index in [-0.39, 0.29) is 0 Å². The van der Waals surface area contributed by atoms with Gasteiger partial charge in [0.25, 0.3) is 0 Å². The highest BCUT2D eigenvalue weighted by molar-refractivity contribution is 9.10. The van der Waals surface area contributed by atoms with Crippen LogP contribution in [0.25, 0.3) is 0 Å². The van der Waals surface area contributed by atoms with Crippen molar-refractivity contribution in [2.75, 3.05) is 5.32 Å². The standard InChI is InChI=1S/C9H6BrClN4/c10-6-1-8(11)9(14-2-6)15-7-3-12-5-13-4-7/h1-5H,(H,14,15). The molecule has 0 radical (unpaired) electrons. The van der Waals surface area contributed by atoms with Crippen molar-refractivity contribution in [3.8, 4) is 0 Å². The van der Waals surface area contributed by atoms with Crippen LogP contribution in [-0.4, -0.2) is 15.0 Å². The fraction of sp³-hybridized carbons (Fsp3) is 0. The lowest BCUT2D eigenvalue weighted by Gasteiger charge is -2.05. The van der Waals surface area contributed by atoms with Crippen LogP contribution in [0.3, 0.4) is 0 Å². The van der Waals surface area contributed by atoms with Gasteiger partial charge in [-0.3, -0.25) is 0 Å². The molecule has 0 aliphatic heterocycles. The molecule has 6 heteroatoms. The van der Waals surface area contributed by atoms with E-state index < -0.39 is 0 Å². The SMILES string of the molecule is Clc1cc(Br)cnc1Nc1cncnc1. The van der Waals surface area contributed by atoms with E-state index in [1.807, 2.05) is 0 Å². The number of hydrogen-bond donors (Lipinski definition) is 1. The molecule has 2 aromatic heterocycles. The van der Waals surface area contributed by atoms with E-state index in [1.165, 1.54) is 6.33 Å². The second-order valence-electron chi connectivity index (χ2n) is 2.74. The van der Waals surface area contributed by atoms with E-state index in [0.29, 0.717) is 10.8 Å². The van der Waals surface area contributed by atoms with Crippen LogP contribution in [0.5, 0.6) is 0 Å². The first-order chi connectivity index (χ1) is 7.25. The Morgan fingerprint density at radius 1 is 1.20 bits per heavy atom. The van der Waals surface area contributed by atoms with Gasteiger partial charge in [0.2, 0.25) is 0 Å². The summed E-state index contributed by atoms with van der Waals surface area (Å²) in [5.41, 5.74) is 0.745. The summed E-state index contributed by atoms with van der Waals surface area (Å²) in [6.45, 7) is 0. The molecular formula is C9H6BrClN4. The molecular weight excluding hydrogens is 279 g/mol. The smallest absolute Gasteiger partial charge is 0.149 e. The van der Waals surface area contributed by atoms with Gasteiger partial charge in [0.05, 0.1) is 23.1 Å². The van der Waals surface area contributed by atoms with Crippen molar-refractivity contribution in [1.82, 2.24) is 15.0 Å². The van der Waals surface area contributed by atoms with E-state index in [9.17, 15) is 0 Å². The number of anilines is 2. The third-order valence-electron chi connectivity index (χ3n) is 1.63. The molecule has 0 spiro atoms. The van der Waals surface area contributed by atoms with Crippen molar-refractivity contribution in [2.24, 2.45) is 0 Å². The summed E-state index contributed by atoms with van der Waals surface area (Å²) in [6, 6.07) is 1.76. The van der Waals surface area contributed by atoms with Crippen molar-refractivity contribution < 1.29 is 0 Å². The fourth-order valence-corrected chi connectivity index (χ4v) is 1.68. The Labute approximate surface area is 99.9 Å². The number of nitrogens with one attached hydrogen (secondary N) is 1. The Morgan fingerprint density at radius 3 is 2.60 bits per heavy atom. The van der Waals surface area contributed by atoms with Gasteiger partial charge in [-0.25, -0.2) is 15.0 Å². The van der Waals surface area contributed by atoms with Crippen LogP contribution in [0.2, 0.25) is 5.02 Å². The van der Waals surface area contributed by atoms with Crippen LogP contribution < -0.4 is 5.32 Å². The van der Waals surface area contributed by atoms with E-state index in [1.54, 1.807) is 24.7 Å². The maximum Gasteiger partial charge on any atom is 0.149 e. The normalized spacial score (nSPS) is 10.0. The fourth-order valence-electron chi connectivity index (χ4n) is 1.01. The first-order valence-electron chi connectivity index (χ1n) is 4.09. The first kappa shape index (κ1) is 10.3. The minimum atomic E-state index is 0.535. The summed E-state index contributed by atoms with van der Waals surface area (Å²) < 4.78 is 0.836. The topological polar surface area (TPSA) is 50.7 Å². The number of nitrogens with zero attached hydrogens (tertiary/aromatic N) is 3. The van der Waals surface area contributed by atoms with Crippen LogP contribution in [0.1, 0.15) is 0 Å². The Bertz CT molecular complexity index is 463. The molecule has 76 valence electrons. The number of aromatic nitrogens is 3. The summed E-state index contributed by atoms with van der Waals surface area (Å²) >= 11 is 9.27. The molecule has 0 saturated heterocycles. The molecule has 0 aliphatic rings. The molecule has 0 atom stereocenters.